The minimum Gasteiger partial charge on any atom is -0.376 e. The lowest BCUT2D eigenvalue weighted by molar-refractivity contribution is -0.384. The van der Waals surface area contributed by atoms with Crippen LogP contribution in [0.15, 0.2) is 65.4 Å². The van der Waals surface area contributed by atoms with Gasteiger partial charge in [-0.15, -0.1) is 0 Å². The Kier molecular flexibility index (Phi) is 8.46. The monoisotopic (exact) mass is 537 g/mol. The molecule has 200 valence electrons. The van der Waals surface area contributed by atoms with Crippen molar-refractivity contribution < 1.29 is 18.8 Å². The number of ether oxygens (including phenoxy) is 1. The summed E-state index contributed by atoms with van der Waals surface area (Å²) in [6, 6.07) is 14.5. The standard InChI is InChI=1S/C29H32FN3O4S/c30-26-5-1-21(2-6-26)18-37-19-22-9-12-31(13-10-22)15-25-16-32(17-28(25)24-11-14-38-20-24)29(34)23-3-7-27(8-4-23)33(35)36/h1-8,11,14,20,22,25,28H,9-10,12-13,15-19H2. The number of hydrogen-bond donors (Lipinski definition) is 0. The maximum Gasteiger partial charge on any atom is 0.269 e. The third-order valence-corrected chi connectivity index (χ3v) is 8.46. The van der Waals surface area contributed by atoms with E-state index in [0.29, 0.717) is 43.7 Å². The zero-order valence-electron chi connectivity index (χ0n) is 21.2. The van der Waals surface area contributed by atoms with Crippen LogP contribution in [0.25, 0.3) is 0 Å². The molecule has 3 heterocycles. The van der Waals surface area contributed by atoms with E-state index in [9.17, 15) is 19.3 Å². The zero-order valence-corrected chi connectivity index (χ0v) is 22.0. The van der Waals surface area contributed by atoms with Gasteiger partial charge in [0.1, 0.15) is 5.82 Å². The number of thiophene rings is 1. The van der Waals surface area contributed by atoms with E-state index in [1.54, 1.807) is 35.6 Å². The number of likely N-dealkylation sites (tertiary alicyclic amines) is 2. The topological polar surface area (TPSA) is 75.9 Å². The number of non-ortho nitro benzene ring substituents is 1. The molecule has 0 radical (unpaired) electrons. The van der Waals surface area contributed by atoms with Gasteiger partial charge in [0.15, 0.2) is 0 Å². The Morgan fingerprint density at radius 3 is 2.45 bits per heavy atom. The van der Waals surface area contributed by atoms with Gasteiger partial charge in [-0.2, -0.15) is 11.3 Å². The molecule has 1 amide bonds. The van der Waals surface area contributed by atoms with E-state index < -0.39 is 4.92 Å². The highest BCUT2D eigenvalue weighted by molar-refractivity contribution is 7.08. The number of carbonyl (C=O) groups is 1. The zero-order chi connectivity index (χ0) is 26.5. The van der Waals surface area contributed by atoms with Crippen LogP contribution in [0.2, 0.25) is 0 Å². The van der Waals surface area contributed by atoms with Crippen molar-refractivity contribution in [1.29, 1.82) is 0 Å². The molecule has 1 aromatic heterocycles. The first-order valence-electron chi connectivity index (χ1n) is 13.1. The fraction of sp³-hybridized carbons (Fsp3) is 0.414. The number of nitro groups is 1. The van der Waals surface area contributed by atoms with Gasteiger partial charge in [0, 0.05) is 49.9 Å². The number of nitrogens with zero attached hydrogens (tertiary/aromatic N) is 3. The van der Waals surface area contributed by atoms with Crippen molar-refractivity contribution in [3.8, 4) is 0 Å². The third-order valence-electron chi connectivity index (χ3n) is 7.76. The van der Waals surface area contributed by atoms with E-state index in [1.807, 2.05) is 4.90 Å². The van der Waals surface area contributed by atoms with Crippen LogP contribution in [-0.2, 0) is 11.3 Å². The normalized spacial score (nSPS) is 20.6. The van der Waals surface area contributed by atoms with Crippen LogP contribution in [0.1, 0.15) is 40.2 Å². The van der Waals surface area contributed by atoms with E-state index in [2.05, 4.69) is 21.7 Å². The van der Waals surface area contributed by atoms with Crippen LogP contribution >= 0.6 is 11.3 Å². The van der Waals surface area contributed by atoms with Crippen LogP contribution in [0.3, 0.4) is 0 Å². The van der Waals surface area contributed by atoms with Crippen LogP contribution in [0.5, 0.6) is 0 Å². The molecule has 0 saturated carbocycles. The second kappa shape index (κ2) is 12.1. The Labute approximate surface area is 226 Å². The first-order valence-corrected chi connectivity index (χ1v) is 14.0. The fourth-order valence-corrected chi connectivity index (χ4v) is 6.31. The van der Waals surface area contributed by atoms with E-state index in [0.717, 1.165) is 38.0 Å². The van der Waals surface area contributed by atoms with Crippen molar-refractivity contribution in [1.82, 2.24) is 9.80 Å². The Morgan fingerprint density at radius 1 is 1.05 bits per heavy atom. The van der Waals surface area contributed by atoms with Gasteiger partial charge in [-0.3, -0.25) is 14.9 Å². The highest BCUT2D eigenvalue weighted by Gasteiger charge is 2.38. The van der Waals surface area contributed by atoms with Gasteiger partial charge in [-0.25, -0.2) is 4.39 Å². The average Bonchev–Trinajstić information content (AvgIpc) is 3.61. The van der Waals surface area contributed by atoms with Crippen molar-refractivity contribution in [3.05, 3.63) is 98.0 Å². The van der Waals surface area contributed by atoms with Gasteiger partial charge in [-0.1, -0.05) is 12.1 Å². The number of carbonyl (C=O) groups excluding carboxylic acids is 1. The quantitative estimate of drug-likeness (QED) is 0.263. The number of piperidine rings is 1. The third kappa shape index (κ3) is 6.46. The molecule has 38 heavy (non-hydrogen) atoms. The number of rotatable bonds is 9. The van der Waals surface area contributed by atoms with Gasteiger partial charge in [0.2, 0.25) is 0 Å². The van der Waals surface area contributed by atoms with Crippen molar-refractivity contribution in [2.24, 2.45) is 11.8 Å². The molecule has 2 atom stereocenters. The summed E-state index contributed by atoms with van der Waals surface area (Å²) < 4.78 is 19.0. The number of nitro benzene ring substituents is 1. The molecule has 5 rings (SSSR count). The lowest BCUT2D eigenvalue weighted by Crippen LogP contribution is -2.39. The Bertz CT molecular complexity index is 1210. The summed E-state index contributed by atoms with van der Waals surface area (Å²) >= 11 is 1.68. The molecule has 0 bridgehead atoms. The van der Waals surface area contributed by atoms with Crippen molar-refractivity contribution in [3.63, 3.8) is 0 Å². The molecule has 9 heteroatoms. The molecule has 0 aliphatic carbocycles. The first kappa shape index (κ1) is 26.5. The smallest absolute Gasteiger partial charge is 0.269 e. The lowest BCUT2D eigenvalue weighted by atomic mass is 9.89. The molecule has 2 aliphatic rings. The van der Waals surface area contributed by atoms with Crippen LogP contribution in [0, 0.1) is 27.8 Å². The summed E-state index contributed by atoms with van der Waals surface area (Å²) in [4.78, 5) is 28.2. The maximum atomic E-state index is 13.3. The highest BCUT2D eigenvalue weighted by atomic mass is 32.1. The number of amides is 1. The van der Waals surface area contributed by atoms with Crippen molar-refractivity contribution in [2.45, 2.75) is 25.4 Å². The number of halogens is 1. The minimum atomic E-state index is -0.451. The Hall–Kier alpha value is -3.14. The summed E-state index contributed by atoms with van der Waals surface area (Å²) in [5.74, 6) is 0.823. The molecule has 2 unspecified atom stereocenters. The predicted octanol–water partition coefficient (Wildman–Crippen LogP) is 5.58. The van der Waals surface area contributed by atoms with Gasteiger partial charge in [-0.05, 0) is 90.0 Å². The molecular weight excluding hydrogens is 505 g/mol. The Morgan fingerprint density at radius 2 is 1.79 bits per heavy atom. The number of hydrogen-bond acceptors (Lipinski definition) is 6. The van der Waals surface area contributed by atoms with E-state index in [-0.39, 0.29) is 23.3 Å². The molecule has 2 saturated heterocycles. The second-order valence-corrected chi connectivity index (χ2v) is 11.1. The number of benzene rings is 2. The van der Waals surface area contributed by atoms with E-state index in [1.165, 1.54) is 29.8 Å². The molecule has 2 fully saturated rings. The second-order valence-electron chi connectivity index (χ2n) is 10.3. The highest BCUT2D eigenvalue weighted by Crippen LogP contribution is 2.36. The molecule has 2 aliphatic heterocycles. The summed E-state index contributed by atoms with van der Waals surface area (Å²) in [5, 5.41) is 15.2. The summed E-state index contributed by atoms with van der Waals surface area (Å²) in [5.41, 5.74) is 2.74. The van der Waals surface area contributed by atoms with Gasteiger partial charge in [0.05, 0.1) is 11.5 Å². The lowest BCUT2D eigenvalue weighted by Gasteiger charge is -2.34. The van der Waals surface area contributed by atoms with Crippen molar-refractivity contribution >= 4 is 22.9 Å². The average molecular weight is 538 g/mol. The molecule has 3 aromatic rings. The summed E-state index contributed by atoms with van der Waals surface area (Å²) in [6.07, 6.45) is 2.15. The van der Waals surface area contributed by atoms with Gasteiger partial charge in [0.25, 0.3) is 11.6 Å². The van der Waals surface area contributed by atoms with Gasteiger partial charge < -0.3 is 14.5 Å². The van der Waals surface area contributed by atoms with Gasteiger partial charge >= 0.3 is 0 Å². The first-order chi connectivity index (χ1) is 18.5. The van der Waals surface area contributed by atoms with E-state index >= 15 is 0 Å². The molecule has 2 aromatic carbocycles. The molecule has 0 N–H and O–H groups in total. The fourth-order valence-electron chi connectivity index (χ4n) is 5.59. The summed E-state index contributed by atoms with van der Waals surface area (Å²) in [6.45, 7) is 5.50. The SMILES string of the molecule is O=C(c1ccc([N+](=O)[O-])cc1)N1CC(CN2CCC(COCc3ccc(F)cc3)CC2)C(c2ccsc2)C1. The predicted molar refractivity (Wildman–Crippen MR) is 145 cm³/mol. The van der Waals surface area contributed by atoms with Crippen LogP contribution in [0.4, 0.5) is 10.1 Å². The molecule has 7 nitrogen and oxygen atoms in total. The maximum absolute atomic E-state index is 13.3. The molecular formula is C29H32FN3O4S. The van der Waals surface area contributed by atoms with E-state index in [4.69, 9.17) is 4.74 Å². The summed E-state index contributed by atoms with van der Waals surface area (Å²) in [7, 11) is 0. The largest absolute Gasteiger partial charge is 0.376 e. The van der Waals surface area contributed by atoms with Crippen LogP contribution in [-0.4, -0.2) is 60.0 Å². The van der Waals surface area contributed by atoms with Crippen molar-refractivity contribution in [2.75, 3.05) is 39.3 Å². The Balaban J connectivity index is 1.14. The molecule has 0 spiro atoms. The van der Waals surface area contributed by atoms with Crippen LogP contribution < -0.4 is 0 Å². The minimum absolute atomic E-state index is 0.0127.